The predicted molar refractivity (Wildman–Crippen MR) is 166 cm³/mol. The van der Waals surface area contributed by atoms with E-state index in [0.717, 1.165) is 39.4 Å². The summed E-state index contributed by atoms with van der Waals surface area (Å²) < 4.78 is 7.32. The van der Waals surface area contributed by atoms with Crippen LogP contribution in [0.4, 0.5) is 5.69 Å². The Morgan fingerprint density at radius 2 is 1.57 bits per heavy atom. The molecule has 2 amide bonds. The van der Waals surface area contributed by atoms with Gasteiger partial charge in [-0.1, -0.05) is 60.7 Å². The van der Waals surface area contributed by atoms with E-state index in [1.165, 1.54) is 11.1 Å². The van der Waals surface area contributed by atoms with Crippen molar-refractivity contribution in [3.05, 3.63) is 142 Å². The van der Waals surface area contributed by atoms with Crippen LogP contribution >= 0.6 is 0 Å². The second-order valence-electron chi connectivity index (χ2n) is 10.7. The average Bonchev–Trinajstić information content (AvgIpc) is 3.33. The van der Waals surface area contributed by atoms with E-state index < -0.39 is 0 Å². The van der Waals surface area contributed by atoms with E-state index in [9.17, 15) is 9.59 Å². The monoisotopic (exact) mass is 555 g/mol. The zero-order chi connectivity index (χ0) is 29.2. The number of benzene rings is 4. The molecule has 6 nitrogen and oxygen atoms in total. The Morgan fingerprint density at radius 3 is 2.38 bits per heavy atom. The van der Waals surface area contributed by atoms with Crippen molar-refractivity contribution in [1.29, 1.82) is 0 Å². The molecule has 0 spiro atoms. The summed E-state index contributed by atoms with van der Waals surface area (Å²) >= 11 is 0. The van der Waals surface area contributed by atoms with E-state index >= 15 is 0 Å². The Labute approximate surface area is 246 Å². The number of hydrogen-bond acceptors (Lipinski definition) is 3. The molecule has 0 saturated carbocycles. The van der Waals surface area contributed by atoms with Crippen molar-refractivity contribution in [2.75, 3.05) is 12.0 Å². The van der Waals surface area contributed by atoms with Gasteiger partial charge in [-0.25, -0.2) is 0 Å². The van der Waals surface area contributed by atoms with Gasteiger partial charge in [-0.3, -0.25) is 9.59 Å². The molecule has 4 aromatic carbocycles. The zero-order valence-electron chi connectivity index (χ0n) is 24.1. The molecule has 6 heteroatoms. The van der Waals surface area contributed by atoms with E-state index in [1.807, 2.05) is 100 Å². The van der Waals surface area contributed by atoms with Crippen molar-refractivity contribution in [1.82, 2.24) is 9.88 Å². The molecule has 1 aliphatic heterocycles. The summed E-state index contributed by atoms with van der Waals surface area (Å²) in [6.45, 7) is 5.39. The molecule has 1 N–H and O–H groups in total. The van der Waals surface area contributed by atoms with Crippen LogP contribution in [0.1, 0.15) is 48.8 Å². The minimum Gasteiger partial charge on any atom is -0.497 e. The lowest BCUT2D eigenvalue weighted by Gasteiger charge is -2.23. The van der Waals surface area contributed by atoms with Crippen molar-refractivity contribution < 1.29 is 14.3 Å². The summed E-state index contributed by atoms with van der Waals surface area (Å²) in [5, 5.41) is 3.04. The van der Waals surface area contributed by atoms with Crippen LogP contribution in [0.5, 0.6) is 5.75 Å². The van der Waals surface area contributed by atoms with Crippen LogP contribution in [0, 0.1) is 13.8 Å². The SMILES string of the molecule is COc1cccc(CNC(=O)c2ccc3n2Cc2ccccc2N(C(=O)c2ccc(-c4ccccc4C)c(C)c2)C3)c1. The summed E-state index contributed by atoms with van der Waals surface area (Å²) in [7, 11) is 1.63. The first-order chi connectivity index (χ1) is 20.4. The Bertz CT molecular complexity index is 1800. The number of ether oxygens (including phenoxy) is 1. The van der Waals surface area contributed by atoms with E-state index in [4.69, 9.17) is 4.74 Å². The molecule has 0 bridgehead atoms. The van der Waals surface area contributed by atoms with Gasteiger partial charge in [-0.2, -0.15) is 0 Å². The largest absolute Gasteiger partial charge is 0.497 e. The molecule has 0 saturated heterocycles. The maximum Gasteiger partial charge on any atom is 0.268 e. The highest BCUT2D eigenvalue weighted by molar-refractivity contribution is 6.07. The standard InChI is InChI=1S/C36H33N3O3/c1-24-9-4-6-13-31(24)32-17-15-27(19-25(32)2)36(41)39-23-29-16-18-34(38(29)22-28-11-5-7-14-33(28)39)35(40)37-21-26-10-8-12-30(20-26)42-3/h4-20H,21-23H2,1-3H3,(H,37,40). The van der Waals surface area contributed by atoms with Crippen molar-refractivity contribution in [3.63, 3.8) is 0 Å². The van der Waals surface area contributed by atoms with Crippen LogP contribution in [0.25, 0.3) is 11.1 Å². The normalized spacial score (nSPS) is 12.2. The summed E-state index contributed by atoms with van der Waals surface area (Å²) in [5.74, 6) is 0.518. The lowest BCUT2D eigenvalue weighted by molar-refractivity contribution is 0.0941. The molecule has 2 heterocycles. The Kier molecular flexibility index (Phi) is 7.36. The van der Waals surface area contributed by atoms with Gasteiger partial charge in [0.1, 0.15) is 11.4 Å². The Balaban J connectivity index is 1.28. The molecule has 0 aliphatic carbocycles. The number of amides is 2. The third kappa shape index (κ3) is 5.19. The lowest BCUT2D eigenvalue weighted by atomic mass is 9.95. The highest BCUT2D eigenvalue weighted by Gasteiger charge is 2.27. The van der Waals surface area contributed by atoms with Crippen molar-refractivity contribution in [2.24, 2.45) is 0 Å². The highest BCUT2D eigenvalue weighted by Crippen LogP contribution is 2.32. The molecule has 5 aromatic rings. The smallest absolute Gasteiger partial charge is 0.268 e. The first-order valence-corrected chi connectivity index (χ1v) is 14.1. The van der Waals surface area contributed by atoms with Gasteiger partial charge in [-0.15, -0.1) is 0 Å². The maximum absolute atomic E-state index is 14.1. The second-order valence-corrected chi connectivity index (χ2v) is 10.7. The fraction of sp³-hybridized carbons (Fsp3) is 0.167. The van der Waals surface area contributed by atoms with Gasteiger partial charge in [0.25, 0.3) is 11.8 Å². The Hall–Kier alpha value is -5.10. The topological polar surface area (TPSA) is 63.6 Å². The van der Waals surface area contributed by atoms with Crippen molar-refractivity contribution >= 4 is 17.5 Å². The third-order valence-electron chi connectivity index (χ3n) is 7.98. The average molecular weight is 556 g/mol. The summed E-state index contributed by atoms with van der Waals surface area (Å²) in [4.78, 5) is 29.2. The van der Waals surface area contributed by atoms with Crippen LogP contribution in [0.2, 0.25) is 0 Å². The first-order valence-electron chi connectivity index (χ1n) is 14.1. The molecule has 0 fully saturated rings. The second kappa shape index (κ2) is 11.4. The molecule has 0 radical (unpaired) electrons. The van der Waals surface area contributed by atoms with Crippen LogP contribution < -0.4 is 15.0 Å². The summed E-state index contributed by atoms with van der Waals surface area (Å²) in [6.07, 6.45) is 0. The molecular weight excluding hydrogens is 522 g/mol. The highest BCUT2D eigenvalue weighted by atomic mass is 16.5. The number of fused-ring (bicyclic) bond motifs is 2. The van der Waals surface area contributed by atoms with Crippen LogP contribution in [0.15, 0.2) is 103 Å². The first kappa shape index (κ1) is 27.1. The number of aryl methyl sites for hydroxylation is 2. The molecule has 0 atom stereocenters. The number of hydrogen-bond donors (Lipinski definition) is 1. The van der Waals surface area contributed by atoms with Gasteiger partial charge in [0, 0.05) is 23.5 Å². The number of carbonyl (C=O) groups excluding carboxylic acids is 2. The molecule has 42 heavy (non-hydrogen) atoms. The number of para-hydroxylation sites is 1. The summed E-state index contributed by atoms with van der Waals surface area (Å²) in [5.41, 5.74) is 9.44. The van der Waals surface area contributed by atoms with E-state index in [2.05, 4.69) is 31.3 Å². The van der Waals surface area contributed by atoms with Gasteiger partial charge in [-0.05, 0) is 89.7 Å². The van der Waals surface area contributed by atoms with Gasteiger partial charge in [0.2, 0.25) is 0 Å². The molecule has 6 rings (SSSR count). The molecule has 1 aromatic heterocycles. The number of carbonyl (C=O) groups is 2. The fourth-order valence-electron chi connectivity index (χ4n) is 5.72. The molecular formula is C36H33N3O3. The van der Waals surface area contributed by atoms with Crippen LogP contribution in [0.3, 0.4) is 0 Å². The van der Waals surface area contributed by atoms with Crippen LogP contribution in [-0.4, -0.2) is 23.5 Å². The maximum atomic E-state index is 14.1. The molecule has 1 aliphatic rings. The number of nitrogens with zero attached hydrogens (tertiary/aromatic N) is 2. The van der Waals surface area contributed by atoms with Crippen molar-refractivity contribution in [2.45, 2.75) is 33.5 Å². The number of rotatable bonds is 6. The van der Waals surface area contributed by atoms with Gasteiger partial charge < -0.3 is 19.5 Å². The minimum atomic E-state index is -0.163. The molecule has 210 valence electrons. The quantitative estimate of drug-likeness (QED) is 0.247. The third-order valence-corrected chi connectivity index (χ3v) is 7.98. The van der Waals surface area contributed by atoms with Crippen LogP contribution in [-0.2, 0) is 19.6 Å². The number of methoxy groups -OCH3 is 1. The fourth-order valence-corrected chi connectivity index (χ4v) is 5.72. The minimum absolute atomic E-state index is 0.0689. The number of nitrogens with one attached hydrogen (secondary N) is 1. The van der Waals surface area contributed by atoms with Gasteiger partial charge in [0.05, 0.1) is 20.2 Å². The van der Waals surface area contributed by atoms with E-state index in [0.29, 0.717) is 30.9 Å². The zero-order valence-corrected chi connectivity index (χ0v) is 24.1. The van der Waals surface area contributed by atoms with E-state index in [-0.39, 0.29) is 11.8 Å². The van der Waals surface area contributed by atoms with Gasteiger partial charge in [0.15, 0.2) is 0 Å². The Morgan fingerprint density at radius 1 is 0.786 bits per heavy atom. The lowest BCUT2D eigenvalue weighted by Crippen LogP contribution is -2.30. The van der Waals surface area contributed by atoms with Crippen molar-refractivity contribution in [3.8, 4) is 16.9 Å². The summed E-state index contributed by atoms with van der Waals surface area (Å²) in [6, 6.07) is 33.6. The molecule has 0 unspecified atom stereocenters. The number of aromatic nitrogens is 1. The van der Waals surface area contributed by atoms with E-state index in [1.54, 1.807) is 7.11 Å². The predicted octanol–water partition coefficient (Wildman–Crippen LogP) is 6.92. The number of anilines is 1. The van der Waals surface area contributed by atoms with Gasteiger partial charge >= 0.3 is 0 Å².